The minimum Gasteiger partial charge on any atom is -0.369 e. The molecule has 1 atom stereocenters. The van der Waals surface area contributed by atoms with Gasteiger partial charge in [-0.1, -0.05) is 12.1 Å². The van der Waals surface area contributed by atoms with Gasteiger partial charge in [-0.2, -0.15) is 0 Å². The molecule has 0 spiro atoms. The molecular weight excluding hydrogens is 204 g/mol. The first kappa shape index (κ1) is 12.7. The zero-order chi connectivity index (χ0) is 12.0. The van der Waals surface area contributed by atoms with Gasteiger partial charge in [-0.05, 0) is 31.5 Å². The summed E-state index contributed by atoms with van der Waals surface area (Å²) in [5.74, 6) is -0.137. The first-order valence-corrected chi connectivity index (χ1v) is 5.38. The fourth-order valence-corrected chi connectivity index (χ4v) is 1.29. The molecule has 1 unspecified atom stereocenters. The van der Waals surface area contributed by atoms with Gasteiger partial charge in [-0.25, -0.2) is 0 Å². The number of anilines is 1. The molecule has 4 nitrogen and oxygen atoms in total. The molecule has 1 rings (SSSR count). The molecule has 0 fully saturated rings. The second kappa shape index (κ2) is 6.25. The van der Waals surface area contributed by atoms with Crippen LogP contribution < -0.4 is 11.1 Å². The second-order valence-corrected chi connectivity index (χ2v) is 3.49. The Morgan fingerprint density at radius 3 is 2.56 bits per heavy atom. The van der Waals surface area contributed by atoms with Crippen LogP contribution in [0.5, 0.6) is 0 Å². The monoisotopic (exact) mass is 222 g/mol. The van der Waals surface area contributed by atoms with Crippen LogP contribution >= 0.6 is 0 Å². The first-order valence-electron chi connectivity index (χ1n) is 5.38. The van der Waals surface area contributed by atoms with Crippen molar-refractivity contribution in [3.63, 3.8) is 0 Å². The molecular formula is C12H18N2O2. The minimum absolute atomic E-state index is 0.137. The van der Waals surface area contributed by atoms with E-state index < -0.39 is 6.10 Å². The third-order valence-corrected chi connectivity index (χ3v) is 2.24. The van der Waals surface area contributed by atoms with Gasteiger partial charge in [-0.15, -0.1) is 0 Å². The molecule has 16 heavy (non-hydrogen) atoms. The van der Waals surface area contributed by atoms with Gasteiger partial charge in [0.15, 0.2) is 0 Å². The quantitative estimate of drug-likeness (QED) is 0.793. The number of carbonyl (C=O) groups is 1. The Bertz CT molecular complexity index is 335. The van der Waals surface area contributed by atoms with E-state index in [2.05, 4.69) is 5.32 Å². The lowest BCUT2D eigenvalue weighted by molar-refractivity contribution is -0.126. The highest BCUT2D eigenvalue weighted by molar-refractivity contribution is 5.93. The lowest BCUT2D eigenvalue weighted by Gasteiger charge is -2.12. The SMILES string of the molecule is CCOC(C)C(=O)Nc1ccc(CN)cc1. The number of benzene rings is 1. The van der Waals surface area contributed by atoms with Crippen molar-refractivity contribution in [3.8, 4) is 0 Å². The number of ether oxygens (including phenoxy) is 1. The highest BCUT2D eigenvalue weighted by Crippen LogP contribution is 2.09. The molecule has 4 heteroatoms. The van der Waals surface area contributed by atoms with E-state index in [0.29, 0.717) is 13.2 Å². The fourth-order valence-electron chi connectivity index (χ4n) is 1.29. The average Bonchev–Trinajstić information content (AvgIpc) is 2.30. The van der Waals surface area contributed by atoms with E-state index in [1.807, 2.05) is 31.2 Å². The normalized spacial score (nSPS) is 12.2. The number of nitrogens with one attached hydrogen (secondary N) is 1. The van der Waals surface area contributed by atoms with Crippen LogP contribution in [0, 0.1) is 0 Å². The third kappa shape index (κ3) is 3.64. The number of rotatable bonds is 5. The Hall–Kier alpha value is -1.39. The topological polar surface area (TPSA) is 64.3 Å². The smallest absolute Gasteiger partial charge is 0.253 e. The summed E-state index contributed by atoms with van der Waals surface area (Å²) in [7, 11) is 0. The van der Waals surface area contributed by atoms with Crippen LogP contribution in [0.15, 0.2) is 24.3 Å². The van der Waals surface area contributed by atoms with Crippen LogP contribution in [0.3, 0.4) is 0 Å². The molecule has 0 saturated carbocycles. The number of hydrogen-bond donors (Lipinski definition) is 2. The Balaban J connectivity index is 2.55. The van der Waals surface area contributed by atoms with Gasteiger partial charge in [0.1, 0.15) is 6.10 Å². The van der Waals surface area contributed by atoms with Gasteiger partial charge in [0, 0.05) is 18.8 Å². The summed E-state index contributed by atoms with van der Waals surface area (Å²) in [6.45, 7) is 4.62. The van der Waals surface area contributed by atoms with Crippen LogP contribution in [0.4, 0.5) is 5.69 Å². The summed E-state index contributed by atoms with van der Waals surface area (Å²) in [4.78, 5) is 11.6. The highest BCUT2D eigenvalue weighted by Gasteiger charge is 2.12. The first-order chi connectivity index (χ1) is 7.67. The summed E-state index contributed by atoms with van der Waals surface area (Å²) in [5.41, 5.74) is 7.28. The van der Waals surface area contributed by atoms with Gasteiger partial charge < -0.3 is 15.8 Å². The Morgan fingerprint density at radius 1 is 1.44 bits per heavy atom. The van der Waals surface area contributed by atoms with Crippen LogP contribution in [0.2, 0.25) is 0 Å². The minimum atomic E-state index is -0.431. The van der Waals surface area contributed by atoms with Crippen LogP contribution in [-0.2, 0) is 16.1 Å². The van der Waals surface area contributed by atoms with Crippen molar-refractivity contribution in [3.05, 3.63) is 29.8 Å². The maximum Gasteiger partial charge on any atom is 0.253 e. The molecule has 0 aliphatic heterocycles. The molecule has 3 N–H and O–H groups in total. The largest absolute Gasteiger partial charge is 0.369 e. The molecule has 1 aromatic rings. The Kier molecular flexibility index (Phi) is 4.95. The lowest BCUT2D eigenvalue weighted by Crippen LogP contribution is -2.27. The van der Waals surface area contributed by atoms with E-state index in [-0.39, 0.29) is 5.91 Å². The average molecular weight is 222 g/mol. The van der Waals surface area contributed by atoms with Crippen LogP contribution in [0.25, 0.3) is 0 Å². The van der Waals surface area contributed by atoms with Crippen molar-refractivity contribution < 1.29 is 9.53 Å². The second-order valence-electron chi connectivity index (χ2n) is 3.49. The Labute approximate surface area is 95.8 Å². The van der Waals surface area contributed by atoms with Gasteiger partial charge in [-0.3, -0.25) is 4.79 Å². The van der Waals surface area contributed by atoms with Crippen molar-refractivity contribution in [2.45, 2.75) is 26.5 Å². The van der Waals surface area contributed by atoms with Crippen molar-refractivity contribution in [2.24, 2.45) is 5.73 Å². The van der Waals surface area contributed by atoms with E-state index in [1.165, 1.54) is 0 Å². The van der Waals surface area contributed by atoms with E-state index in [9.17, 15) is 4.79 Å². The van der Waals surface area contributed by atoms with Crippen molar-refractivity contribution in [1.29, 1.82) is 0 Å². The summed E-state index contributed by atoms with van der Waals surface area (Å²) in [5, 5.41) is 2.77. The number of hydrogen-bond acceptors (Lipinski definition) is 3. The van der Waals surface area contributed by atoms with Gasteiger partial charge in [0.05, 0.1) is 0 Å². The third-order valence-electron chi connectivity index (χ3n) is 2.24. The number of nitrogens with two attached hydrogens (primary N) is 1. The summed E-state index contributed by atoms with van der Waals surface area (Å²) >= 11 is 0. The molecule has 0 heterocycles. The molecule has 1 amide bonds. The maximum absolute atomic E-state index is 11.6. The summed E-state index contributed by atoms with van der Waals surface area (Å²) < 4.78 is 5.19. The predicted molar refractivity (Wildman–Crippen MR) is 64.1 cm³/mol. The summed E-state index contributed by atoms with van der Waals surface area (Å²) in [6.07, 6.45) is -0.431. The molecule has 0 aliphatic carbocycles. The highest BCUT2D eigenvalue weighted by atomic mass is 16.5. The van der Waals surface area contributed by atoms with Crippen molar-refractivity contribution in [1.82, 2.24) is 0 Å². The number of carbonyl (C=O) groups excluding carboxylic acids is 1. The fraction of sp³-hybridized carbons (Fsp3) is 0.417. The maximum atomic E-state index is 11.6. The zero-order valence-electron chi connectivity index (χ0n) is 9.69. The number of amides is 1. The Morgan fingerprint density at radius 2 is 2.06 bits per heavy atom. The van der Waals surface area contributed by atoms with E-state index in [0.717, 1.165) is 11.3 Å². The molecule has 0 aliphatic rings. The lowest BCUT2D eigenvalue weighted by atomic mass is 10.2. The van der Waals surface area contributed by atoms with Gasteiger partial charge in [0.25, 0.3) is 5.91 Å². The predicted octanol–water partition coefficient (Wildman–Crippen LogP) is 1.51. The molecule has 0 aromatic heterocycles. The van der Waals surface area contributed by atoms with E-state index in [4.69, 9.17) is 10.5 Å². The van der Waals surface area contributed by atoms with Crippen LogP contribution in [0.1, 0.15) is 19.4 Å². The van der Waals surface area contributed by atoms with Gasteiger partial charge in [0.2, 0.25) is 0 Å². The van der Waals surface area contributed by atoms with Gasteiger partial charge >= 0.3 is 0 Å². The van der Waals surface area contributed by atoms with Crippen LogP contribution in [-0.4, -0.2) is 18.6 Å². The molecule has 1 aromatic carbocycles. The standard InChI is InChI=1S/C12H18N2O2/c1-3-16-9(2)12(15)14-11-6-4-10(8-13)5-7-11/h4-7,9H,3,8,13H2,1-2H3,(H,14,15). The molecule has 88 valence electrons. The van der Waals surface area contributed by atoms with E-state index in [1.54, 1.807) is 6.92 Å². The van der Waals surface area contributed by atoms with Crippen molar-refractivity contribution >= 4 is 11.6 Å². The summed E-state index contributed by atoms with van der Waals surface area (Å²) in [6, 6.07) is 7.44. The molecule has 0 saturated heterocycles. The van der Waals surface area contributed by atoms with Crippen molar-refractivity contribution in [2.75, 3.05) is 11.9 Å². The zero-order valence-corrected chi connectivity index (χ0v) is 9.69. The molecule has 0 radical (unpaired) electrons. The van der Waals surface area contributed by atoms with E-state index >= 15 is 0 Å². The molecule has 0 bridgehead atoms.